The van der Waals surface area contributed by atoms with Gasteiger partial charge < -0.3 is 18.8 Å². The van der Waals surface area contributed by atoms with Crippen LogP contribution in [0.4, 0.5) is 0 Å². The fourth-order valence-electron chi connectivity index (χ4n) is 3.58. The van der Waals surface area contributed by atoms with Crippen molar-refractivity contribution in [1.29, 1.82) is 0 Å². The molecule has 2 aromatic heterocycles. The summed E-state index contributed by atoms with van der Waals surface area (Å²) in [5.41, 5.74) is 1.67. The molecule has 0 unspecified atom stereocenters. The number of furan rings is 1. The predicted octanol–water partition coefficient (Wildman–Crippen LogP) is 2.57. The quantitative estimate of drug-likeness (QED) is 0.854. The molecule has 2 fully saturated rings. The molecule has 2 aliphatic heterocycles. The van der Waals surface area contributed by atoms with Gasteiger partial charge in [0.25, 0.3) is 5.91 Å². The van der Waals surface area contributed by atoms with Crippen molar-refractivity contribution in [3.63, 3.8) is 0 Å². The summed E-state index contributed by atoms with van der Waals surface area (Å²) in [6, 6.07) is 9.37. The Kier molecular flexibility index (Phi) is 4.31. The van der Waals surface area contributed by atoms with Crippen molar-refractivity contribution >= 4 is 5.91 Å². The Hall–Kier alpha value is -2.18. The fourth-order valence-corrected chi connectivity index (χ4v) is 3.58. The second kappa shape index (κ2) is 6.61. The molecule has 4 rings (SSSR count). The minimum Gasteiger partial charge on any atom is -0.459 e. The molecule has 2 saturated heterocycles. The summed E-state index contributed by atoms with van der Waals surface area (Å²) >= 11 is 0. The van der Waals surface area contributed by atoms with Gasteiger partial charge in [-0.25, -0.2) is 0 Å². The highest BCUT2D eigenvalue weighted by molar-refractivity contribution is 5.92. The second-order valence-electron chi connectivity index (χ2n) is 6.87. The van der Waals surface area contributed by atoms with Crippen LogP contribution in [-0.2, 0) is 16.1 Å². The van der Waals surface area contributed by atoms with Gasteiger partial charge in [-0.05, 0) is 37.6 Å². The van der Waals surface area contributed by atoms with Gasteiger partial charge in [-0.2, -0.15) is 0 Å². The number of pyridine rings is 1. The molecule has 2 aromatic rings. The smallest absolute Gasteiger partial charge is 0.289 e. The molecule has 2 aliphatic rings. The Morgan fingerprint density at radius 3 is 3.00 bits per heavy atom. The number of aryl methyl sites for hydroxylation is 1. The van der Waals surface area contributed by atoms with Crippen molar-refractivity contribution in [1.82, 2.24) is 9.88 Å². The molecule has 1 spiro atoms. The molecule has 0 aliphatic carbocycles. The van der Waals surface area contributed by atoms with E-state index in [-0.39, 0.29) is 17.6 Å². The second-order valence-corrected chi connectivity index (χ2v) is 6.87. The summed E-state index contributed by atoms with van der Waals surface area (Å²) in [6.45, 7) is 4.34. The minimum absolute atomic E-state index is 0.0776. The molecular formula is C19H22N2O4. The van der Waals surface area contributed by atoms with Crippen molar-refractivity contribution in [2.24, 2.45) is 0 Å². The van der Waals surface area contributed by atoms with E-state index in [0.29, 0.717) is 32.1 Å². The van der Waals surface area contributed by atoms with Crippen LogP contribution in [0, 0.1) is 6.92 Å². The third-order valence-electron chi connectivity index (χ3n) is 4.84. The SMILES string of the molecule is Cc1cccc(CO[C@H]2CCOC3(C2)CN(C(=O)c2ccco2)C3)n1. The summed E-state index contributed by atoms with van der Waals surface area (Å²) in [5.74, 6) is 0.301. The summed E-state index contributed by atoms with van der Waals surface area (Å²) < 4.78 is 17.2. The fraction of sp³-hybridized carbons (Fsp3) is 0.474. The minimum atomic E-state index is -0.273. The number of carbonyl (C=O) groups is 1. The third kappa shape index (κ3) is 3.45. The number of likely N-dealkylation sites (tertiary alicyclic amines) is 1. The number of nitrogens with zero attached hydrogens (tertiary/aromatic N) is 2. The largest absolute Gasteiger partial charge is 0.459 e. The van der Waals surface area contributed by atoms with Gasteiger partial charge in [0.05, 0.1) is 37.8 Å². The van der Waals surface area contributed by atoms with Crippen molar-refractivity contribution in [2.75, 3.05) is 19.7 Å². The maximum absolute atomic E-state index is 12.3. The summed E-state index contributed by atoms with van der Waals surface area (Å²) in [6.07, 6.45) is 3.33. The number of carbonyl (C=O) groups excluding carboxylic acids is 1. The van der Waals surface area contributed by atoms with Crippen LogP contribution in [0.15, 0.2) is 41.0 Å². The highest BCUT2D eigenvalue weighted by Gasteiger charge is 2.50. The van der Waals surface area contributed by atoms with Gasteiger partial charge in [0.2, 0.25) is 0 Å². The Balaban J connectivity index is 1.31. The number of rotatable bonds is 4. The van der Waals surface area contributed by atoms with Crippen LogP contribution in [-0.4, -0.2) is 47.2 Å². The van der Waals surface area contributed by atoms with Crippen molar-refractivity contribution in [3.05, 3.63) is 53.7 Å². The maximum Gasteiger partial charge on any atom is 0.289 e. The zero-order valence-electron chi connectivity index (χ0n) is 14.3. The van der Waals surface area contributed by atoms with E-state index in [1.54, 1.807) is 17.0 Å². The van der Waals surface area contributed by atoms with E-state index in [9.17, 15) is 4.79 Å². The molecule has 0 N–H and O–H groups in total. The molecule has 0 saturated carbocycles. The highest BCUT2D eigenvalue weighted by atomic mass is 16.5. The number of aromatic nitrogens is 1. The Morgan fingerprint density at radius 1 is 1.36 bits per heavy atom. The van der Waals surface area contributed by atoms with E-state index in [1.807, 2.05) is 25.1 Å². The lowest BCUT2D eigenvalue weighted by atomic mass is 9.84. The normalized spacial score (nSPS) is 22.0. The van der Waals surface area contributed by atoms with Crippen LogP contribution in [0.5, 0.6) is 0 Å². The first-order chi connectivity index (χ1) is 12.1. The number of hydrogen-bond donors (Lipinski definition) is 0. The molecule has 6 nitrogen and oxygen atoms in total. The Morgan fingerprint density at radius 2 is 2.24 bits per heavy atom. The number of ether oxygens (including phenoxy) is 2. The Labute approximate surface area is 146 Å². The molecular weight excluding hydrogens is 320 g/mol. The Bertz CT molecular complexity index is 738. The van der Waals surface area contributed by atoms with Gasteiger partial charge in [-0.3, -0.25) is 9.78 Å². The van der Waals surface area contributed by atoms with Crippen LogP contribution >= 0.6 is 0 Å². The van der Waals surface area contributed by atoms with Crippen LogP contribution in [0.3, 0.4) is 0 Å². The van der Waals surface area contributed by atoms with E-state index in [2.05, 4.69) is 4.98 Å². The van der Waals surface area contributed by atoms with Gasteiger partial charge in [-0.1, -0.05) is 6.07 Å². The van der Waals surface area contributed by atoms with E-state index in [4.69, 9.17) is 13.9 Å². The van der Waals surface area contributed by atoms with Crippen LogP contribution in [0.2, 0.25) is 0 Å². The first-order valence-electron chi connectivity index (χ1n) is 8.64. The molecule has 25 heavy (non-hydrogen) atoms. The molecule has 1 atom stereocenters. The molecule has 132 valence electrons. The maximum atomic E-state index is 12.3. The number of amides is 1. The number of hydrogen-bond acceptors (Lipinski definition) is 5. The molecule has 0 aromatic carbocycles. The predicted molar refractivity (Wildman–Crippen MR) is 90.1 cm³/mol. The van der Waals surface area contributed by atoms with Crippen LogP contribution in [0.1, 0.15) is 34.8 Å². The molecule has 6 heteroatoms. The molecule has 0 bridgehead atoms. The summed E-state index contributed by atoms with van der Waals surface area (Å²) in [7, 11) is 0. The lowest BCUT2D eigenvalue weighted by molar-refractivity contribution is -0.188. The average molecular weight is 342 g/mol. The van der Waals surface area contributed by atoms with Crippen LogP contribution < -0.4 is 0 Å². The van der Waals surface area contributed by atoms with Crippen LogP contribution in [0.25, 0.3) is 0 Å². The third-order valence-corrected chi connectivity index (χ3v) is 4.84. The van der Waals surface area contributed by atoms with E-state index < -0.39 is 0 Å². The van der Waals surface area contributed by atoms with Crippen molar-refractivity contribution < 1.29 is 18.7 Å². The summed E-state index contributed by atoms with van der Waals surface area (Å²) in [4.78, 5) is 18.5. The van der Waals surface area contributed by atoms with E-state index in [1.165, 1.54) is 6.26 Å². The first kappa shape index (κ1) is 16.3. The first-order valence-corrected chi connectivity index (χ1v) is 8.64. The van der Waals surface area contributed by atoms with Gasteiger partial charge in [0, 0.05) is 18.7 Å². The zero-order chi connectivity index (χ0) is 17.3. The van der Waals surface area contributed by atoms with E-state index >= 15 is 0 Å². The van der Waals surface area contributed by atoms with Crippen molar-refractivity contribution in [2.45, 2.75) is 38.1 Å². The lowest BCUT2D eigenvalue weighted by Crippen LogP contribution is -2.67. The topological polar surface area (TPSA) is 64.8 Å². The average Bonchev–Trinajstić information content (AvgIpc) is 3.12. The van der Waals surface area contributed by atoms with Gasteiger partial charge in [0.1, 0.15) is 5.60 Å². The monoisotopic (exact) mass is 342 g/mol. The molecule has 0 radical (unpaired) electrons. The summed E-state index contributed by atoms with van der Waals surface area (Å²) in [5, 5.41) is 0. The standard InChI is InChI=1S/C19H22N2O4/c1-14-4-2-5-15(20-14)11-24-16-7-9-25-19(10-16)12-21(13-19)18(22)17-6-3-8-23-17/h2-6,8,16H,7,9-13H2,1H3/t16-/m0/s1. The van der Waals surface area contributed by atoms with Crippen molar-refractivity contribution in [3.8, 4) is 0 Å². The molecule has 4 heterocycles. The van der Waals surface area contributed by atoms with Gasteiger partial charge in [-0.15, -0.1) is 0 Å². The molecule has 1 amide bonds. The van der Waals surface area contributed by atoms with E-state index in [0.717, 1.165) is 24.2 Å². The lowest BCUT2D eigenvalue weighted by Gasteiger charge is -2.52. The van der Waals surface area contributed by atoms with Gasteiger partial charge >= 0.3 is 0 Å². The highest BCUT2D eigenvalue weighted by Crippen LogP contribution is 2.36. The zero-order valence-corrected chi connectivity index (χ0v) is 14.3. The van der Waals surface area contributed by atoms with Gasteiger partial charge in [0.15, 0.2) is 5.76 Å².